The molecule has 5 aliphatic rings. The first kappa shape index (κ1) is 16.1. The van der Waals surface area contributed by atoms with Crippen LogP contribution in [0.2, 0.25) is 0 Å². The van der Waals surface area contributed by atoms with E-state index in [0.29, 0.717) is 5.41 Å². The molecule has 5 rings (SSSR count). The van der Waals surface area contributed by atoms with Gasteiger partial charge in [0.25, 0.3) is 0 Å². The summed E-state index contributed by atoms with van der Waals surface area (Å²) in [4.78, 5) is 0. The maximum Gasteiger partial charge on any atom is 0.168 e. The summed E-state index contributed by atoms with van der Waals surface area (Å²) in [5.41, 5.74) is 0.677. The first-order chi connectivity index (χ1) is 11.5. The first-order valence-corrected chi connectivity index (χ1v) is 10.4. The lowest BCUT2D eigenvalue weighted by molar-refractivity contribution is -0.230. The van der Waals surface area contributed by atoms with Gasteiger partial charge in [-0.05, 0) is 79.4 Å². The van der Waals surface area contributed by atoms with Crippen molar-refractivity contribution in [1.29, 1.82) is 0 Å². The third-order valence-electron chi connectivity index (χ3n) is 9.43. The molecule has 5 fully saturated rings. The van der Waals surface area contributed by atoms with Crippen LogP contribution in [-0.2, 0) is 9.47 Å². The highest BCUT2D eigenvalue weighted by molar-refractivity contribution is 5.10. The van der Waals surface area contributed by atoms with Crippen LogP contribution >= 0.6 is 0 Å². The molecule has 1 aliphatic heterocycles. The molecule has 3 nitrogen and oxygen atoms in total. The van der Waals surface area contributed by atoms with Gasteiger partial charge in [-0.15, -0.1) is 0 Å². The van der Waals surface area contributed by atoms with E-state index in [2.05, 4.69) is 13.8 Å². The Balaban J connectivity index is 1.41. The monoisotopic (exact) mass is 334 g/mol. The number of fused-ring (bicyclic) bond motifs is 5. The van der Waals surface area contributed by atoms with Crippen LogP contribution < -0.4 is 0 Å². The van der Waals surface area contributed by atoms with Crippen LogP contribution in [-0.4, -0.2) is 30.2 Å². The number of hydrogen-bond acceptors (Lipinski definition) is 3. The molecule has 0 bridgehead atoms. The van der Waals surface area contributed by atoms with Crippen molar-refractivity contribution in [3.8, 4) is 0 Å². The van der Waals surface area contributed by atoms with E-state index in [1.54, 1.807) is 0 Å². The molecular weight excluding hydrogens is 300 g/mol. The summed E-state index contributed by atoms with van der Waals surface area (Å²) in [6, 6.07) is 0. The Hall–Kier alpha value is -0.120. The summed E-state index contributed by atoms with van der Waals surface area (Å²) in [7, 11) is 0. The molecule has 0 aromatic rings. The van der Waals surface area contributed by atoms with E-state index >= 15 is 0 Å². The van der Waals surface area contributed by atoms with Crippen molar-refractivity contribution in [2.75, 3.05) is 13.2 Å². The topological polar surface area (TPSA) is 38.7 Å². The molecule has 6 unspecified atom stereocenters. The van der Waals surface area contributed by atoms with Gasteiger partial charge in [-0.25, -0.2) is 0 Å². The Labute approximate surface area is 146 Å². The predicted molar refractivity (Wildman–Crippen MR) is 92.4 cm³/mol. The summed E-state index contributed by atoms with van der Waals surface area (Å²) in [6.07, 6.45) is 11.0. The van der Waals surface area contributed by atoms with Crippen LogP contribution in [0.3, 0.4) is 0 Å². The van der Waals surface area contributed by atoms with Crippen LogP contribution in [0.5, 0.6) is 0 Å². The average Bonchev–Trinajstić information content (AvgIpc) is 3.14. The van der Waals surface area contributed by atoms with Gasteiger partial charge in [0.2, 0.25) is 0 Å². The summed E-state index contributed by atoms with van der Waals surface area (Å²) >= 11 is 0. The quantitative estimate of drug-likeness (QED) is 0.724. The molecular formula is C21H34O3. The van der Waals surface area contributed by atoms with Crippen molar-refractivity contribution < 1.29 is 14.6 Å². The van der Waals surface area contributed by atoms with Gasteiger partial charge >= 0.3 is 0 Å². The van der Waals surface area contributed by atoms with Crippen LogP contribution in [0.1, 0.15) is 71.6 Å². The Morgan fingerprint density at radius 2 is 1.54 bits per heavy atom. The number of aliphatic hydroxyl groups excluding tert-OH is 1. The van der Waals surface area contributed by atoms with Gasteiger partial charge in [0, 0.05) is 12.8 Å². The third-order valence-corrected chi connectivity index (χ3v) is 9.43. The Bertz CT molecular complexity index is 513. The fourth-order valence-corrected chi connectivity index (χ4v) is 7.93. The molecule has 1 N–H and O–H groups in total. The Kier molecular flexibility index (Phi) is 3.49. The van der Waals surface area contributed by atoms with Crippen molar-refractivity contribution in [3.63, 3.8) is 0 Å². The number of hydrogen-bond donors (Lipinski definition) is 1. The lowest BCUT2D eigenvalue weighted by Gasteiger charge is -2.61. The minimum absolute atomic E-state index is 0.0520. The minimum Gasteiger partial charge on any atom is -0.393 e. The zero-order chi connectivity index (χ0) is 16.6. The van der Waals surface area contributed by atoms with Crippen LogP contribution in [0.15, 0.2) is 0 Å². The van der Waals surface area contributed by atoms with Crippen molar-refractivity contribution in [1.82, 2.24) is 0 Å². The maximum absolute atomic E-state index is 10.6. The van der Waals surface area contributed by atoms with Crippen LogP contribution in [0.4, 0.5) is 0 Å². The smallest absolute Gasteiger partial charge is 0.168 e. The van der Waals surface area contributed by atoms with E-state index in [0.717, 1.165) is 56.1 Å². The molecule has 0 aromatic carbocycles. The molecule has 7 atom stereocenters. The number of rotatable bonds is 0. The van der Waals surface area contributed by atoms with Gasteiger partial charge in [-0.1, -0.05) is 13.8 Å². The fraction of sp³-hybridized carbons (Fsp3) is 1.00. The van der Waals surface area contributed by atoms with Crippen molar-refractivity contribution in [2.45, 2.75) is 83.5 Å². The fourth-order valence-electron chi connectivity index (χ4n) is 7.93. The SMILES string of the molecule is CC12CCC3(CC1CCC1C2CCC2(C)C1CC[C@H]2O)OCCO3. The highest BCUT2D eigenvalue weighted by Gasteiger charge is 2.61. The average molecular weight is 335 g/mol. The minimum atomic E-state index is -0.232. The normalized spacial score (nSPS) is 55.9. The van der Waals surface area contributed by atoms with Gasteiger partial charge in [0.1, 0.15) is 0 Å². The second-order valence-electron chi connectivity index (χ2n) is 10.1. The summed E-state index contributed by atoms with van der Waals surface area (Å²) in [5, 5.41) is 10.6. The van der Waals surface area contributed by atoms with E-state index in [1.807, 2.05) is 0 Å². The zero-order valence-corrected chi connectivity index (χ0v) is 15.4. The van der Waals surface area contributed by atoms with Crippen molar-refractivity contribution in [3.05, 3.63) is 0 Å². The molecule has 3 heteroatoms. The zero-order valence-electron chi connectivity index (χ0n) is 15.4. The third kappa shape index (κ3) is 2.01. The molecule has 1 heterocycles. The van der Waals surface area contributed by atoms with E-state index in [9.17, 15) is 5.11 Å². The van der Waals surface area contributed by atoms with E-state index < -0.39 is 0 Å². The summed E-state index contributed by atoms with van der Waals surface area (Å²) in [6.45, 7) is 6.54. The van der Waals surface area contributed by atoms with E-state index in [4.69, 9.17) is 9.47 Å². The first-order valence-electron chi connectivity index (χ1n) is 10.4. The van der Waals surface area contributed by atoms with Crippen LogP contribution in [0, 0.1) is 34.5 Å². The molecule has 136 valence electrons. The lowest BCUT2D eigenvalue weighted by Crippen LogP contribution is -2.56. The standard InChI is InChI=1S/C21H34O3/c1-19-9-10-21(23-11-12-24-21)13-14(19)3-4-15-16-5-6-18(22)20(16,2)8-7-17(15)19/h14-18,22H,3-13H2,1-2H3/t14?,15?,16?,17?,18-,19?,20?/m1/s1. The Morgan fingerprint density at radius 1 is 0.792 bits per heavy atom. The maximum atomic E-state index is 10.6. The highest BCUT2D eigenvalue weighted by Crippen LogP contribution is 2.67. The second-order valence-corrected chi connectivity index (χ2v) is 10.1. The van der Waals surface area contributed by atoms with Crippen molar-refractivity contribution >= 4 is 0 Å². The van der Waals surface area contributed by atoms with E-state index in [1.165, 1.54) is 38.5 Å². The summed E-state index contributed by atoms with van der Waals surface area (Å²) in [5.74, 6) is 3.00. The molecule has 0 radical (unpaired) electrons. The molecule has 1 spiro atoms. The molecule has 0 aromatic heterocycles. The Morgan fingerprint density at radius 3 is 2.33 bits per heavy atom. The van der Waals surface area contributed by atoms with Gasteiger partial charge in [0.15, 0.2) is 5.79 Å². The number of aliphatic hydroxyl groups is 1. The van der Waals surface area contributed by atoms with Gasteiger partial charge in [-0.3, -0.25) is 0 Å². The largest absolute Gasteiger partial charge is 0.393 e. The van der Waals surface area contributed by atoms with Gasteiger partial charge in [-0.2, -0.15) is 0 Å². The molecule has 1 saturated heterocycles. The molecule has 24 heavy (non-hydrogen) atoms. The van der Waals surface area contributed by atoms with Crippen LogP contribution in [0.25, 0.3) is 0 Å². The van der Waals surface area contributed by atoms with Gasteiger partial charge in [0.05, 0.1) is 19.3 Å². The molecule has 4 saturated carbocycles. The van der Waals surface area contributed by atoms with Crippen molar-refractivity contribution in [2.24, 2.45) is 34.5 Å². The molecule has 0 amide bonds. The lowest BCUT2D eigenvalue weighted by atomic mass is 9.45. The van der Waals surface area contributed by atoms with E-state index in [-0.39, 0.29) is 17.3 Å². The predicted octanol–water partition coefficient (Wildman–Crippen LogP) is 4.13. The second kappa shape index (κ2) is 5.20. The van der Waals surface area contributed by atoms with Gasteiger partial charge < -0.3 is 14.6 Å². The molecule has 4 aliphatic carbocycles. The summed E-state index contributed by atoms with van der Waals surface area (Å²) < 4.78 is 12.1. The highest BCUT2D eigenvalue weighted by atomic mass is 16.7. The number of ether oxygens (including phenoxy) is 2.